The number of piperidine rings is 1. The number of nitrogens with one attached hydrogen (secondary N) is 1. The van der Waals surface area contributed by atoms with Gasteiger partial charge in [-0.25, -0.2) is 0 Å². The lowest BCUT2D eigenvalue weighted by molar-refractivity contribution is -0.00107. The van der Waals surface area contributed by atoms with Crippen LogP contribution in [-0.4, -0.2) is 40.0 Å². The summed E-state index contributed by atoms with van der Waals surface area (Å²) < 4.78 is 10.4. The van der Waals surface area contributed by atoms with Crippen LogP contribution < -0.4 is 5.32 Å². The lowest BCUT2D eigenvalue weighted by atomic mass is 9.96. The van der Waals surface area contributed by atoms with E-state index in [1.807, 2.05) is 0 Å². The molecular formula is C8H17NO2. The summed E-state index contributed by atoms with van der Waals surface area (Å²) in [5.74, 6) is 0.575. The summed E-state index contributed by atoms with van der Waals surface area (Å²) in [6.07, 6.45) is 1.50. The molecule has 1 fully saturated rings. The van der Waals surface area contributed by atoms with Crippen LogP contribution >= 0.6 is 0 Å². The molecule has 0 aliphatic carbocycles. The second kappa shape index (κ2) is 4.70. The van der Waals surface area contributed by atoms with E-state index in [2.05, 4.69) is 5.32 Å². The first-order valence-corrected chi connectivity index (χ1v) is 4.11. The van der Waals surface area contributed by atoms with E-state index in [-0.39, 0.29) is 0 Å². The maximum atomic E-state index is 5.31. The van der Waals surface area contributed by atoms with E-state index in [9.17, 15) is 0 Å². The van der Waals surface area contributed by atoms with Gasteiger partial charge in [0.15, 0.2) is 0 Å². The van der Waals surface area contributed by atoms with Crippen LogP contribution in [0.5, 0.6) is 0 Å². The van der Waals surface area contributed by atoms with Crippen LogP contribution in [0.25, 0.3) is 0 Å². The molecule has 1 heterocycles. The van der Waals surface area contributed by atoms with Crippen molar-refractivity contribution < 1.29 is 9.47 Å². The molecule has 2 atom stereocenters. The number of hydrogen-bond acceptors (Lipinski definition) is 3. The minimum absolute atomic E-state index is 0.337. The van der Waals surface area contributed by atoms with Crippen LogP contribution in [0.15, 0.2) is 0 Å². The van der Waals surface area contributed by atoms with E-state index in [1.54, 1.807) is 14.2 Å². The highest BCUT2D eigenvalue weighted by Crippen LogP contribution is 2.14. The van der Waals surface area contributed by atoms with Crippen LogP contribution in [0.2, 0.25) is 0 Å². The normalized spacial score (nSPS) is 32.2. The van der Waals surface area contributed by atoms with Gasteiger partial charge < -0.3 is 14.8 Å². The van der Waals surface area contributed by atoms with Crippen molar-refractivity contribution in [3.63, 3.8) is 0 Å². The Balaban J connectivity index is 2.31. The summed E-state index contributed by atoms with van der Waals surface area (Å²) in [4.78, 5) is 0. The van der Waals surface area contributed by atoms with Gasteiger partial charge in [-0.3, -0.25) is 0 Å². The SMILES string of the molecule is COC[C@@H]1CCNC[C@@H]1OC. The lowest BCUT2D eigenvalue weighted by Gasteiger charge is -2.30. The van der Waals surface area contributed by atoms with Gasteiger partial charge in [-0.2, -0.15) is 0 Å². The second-order valence-electron chi connectivity index (χ2n) is 2.98. The summed E-state index contributed by atoms with van der Waals surface area (Å²) in [7, 11) is 3.51. The number of methoxy groups -OCH3 is 2. The Hall–Kier alpha value is -0.120. The molecule has 0 aromatic rings. The molecule has 0 unspecified atom stereocenters. The third kappa shape index (κ3) is 2.43. The topological polar surface area (TPSA) is 30.5 Å². The second-order valence-corrected chi connectivity index (χ2v) is 2.98. The summed E-state index contributed by atoms with van der Waals surface area (Å²) in [5, 5.41) is 3.29. The maximum absolute atomic E-state index is 5.31. The third-order valence-corrected chi connectivity index (χ3v) is 2.25. The zero-order chi connectivity index (χ0) is 8.10. The van der Waals surface area contributed by atoms with Crippen molar-refractivity contribution >= 4 is 0 Å². The minimum Gasteiger partial charge on any atom is -0.384 e. The fourth-order valence-corrected chi connectivity index (χ4v) is 1.56. The molecule has 1 aliphatic heterocycles. The van der Waals surface area contributed by atoms with Gasteiger partial charge in [0.1, 0.15) is 0 Å². The van der Waals surface area contributed by atoms with E-state index in [1.165, 1.54) is 0 Å². The molecule has 66 valence electrons. The average Bonchev–Trinajstić information content (AvgIpc) is 2.06. The quantitative estimate of drug-likeness (QED) is 0.640. The first-order valence-electron chi connectivity index (χ1n) is 4.11. The first-order chi connectivity index (χ1) is 5.38. The van der Waals surface area contributed by atoms with Crippen molar-refractivity contribution in [2.45, 2.75) is 12.5 Å². The van der Waals surface area contributed by atoms with Gasteiger partial charge in [-0.05, 0) is 13.0 Å². The van der Waals surface area contributed by atoms with Gasteiger partial charge in [-0.1, -0.05) is 0 Å². The minimum atomic E-state index is 0.337. The summed E-state index contributed by atoms with van der Waals surface area (Å²) in [6, 6.07) is 0. The maximum Gasteiger partial charge on any atom is 0.0746 e. The van der Waals surface area contributed by atoms with Gasteiger partial charge in [0.25, 0.3) is 0 Å². The predicted molar refractivity (Wildman–Crippen MR) is 43.6 cm³/mol. The van der Waals surface area contributed by atoms with E-state index >= 15 is 0 Å². The monoisotopic (exact) mass is 159 g/mol. The summed E-state index contributed by atoms with van der Waals surface area (Å²) >= 11 is 0. The van der Waals surface area contributed by atoms with Gasteiger partial charge >= 0.3 is 0 Å². The predicted octanol–water partition coefficient (Wildman–Crippen LogP) is 0.257. The Morgan fingerprint density at radius 2 is 2.27 bits per heavy atom. The standard InChI is InChI=1S/C8H17NO2/c1-10-6-7-3-4-9-5-8(7)11-2/h7-9H,3-6H2,1-2H3/t7-,8-/m0/s1. The van der Waals surface area contributed by atoms with Crippen LogP contribution in [0.3, 0.4) is 0 Å². The Morgan fingerprint density at radius 3 is 2.91 bits per heavy atom. The molecule has 3 heteroatoms. The van der Waals surface area contributed by atoms with Gasteiger partial charge in [0, 0.05) is 26.7 Å². The van der Waals surface area contributed by atoms with Gasteiger partial charge in [-0.15, -0.1) is 0 Å². The van der Waals surface area contributed by atoms with Crippen molar-refractivity contribution in [1.29, 1.82) is 0 Å². The molecule has 3 nitrogen and oxygen atoms in total. The first kappa shape index (κ1) is 8.97. The molecule has 0 aromatic carbocycles. The lowest BCUT2D eigenvalue weighted by Crippen LogP contribution is -2.43. The third-order valence-electron chi connectivity index (χ3n) is 2.25. The Kier molecular flexibility index (Phi) is 3.83. The smallest absolute Gasteiger partial charge is 0.0746 e. The van der Waals surface area contributed by atoms with Crippen molar-refractivity contribution in [3.8, 4) is 0 Å². The zero-order valence-corrected chi connectivity index (χ0v) is 7.30. The summed E-state index contributed by atoms with van der Waals surface area (Å²) in [6.45, 7) is 2.87. The Bertz CT molecular complexity index is 106. The molecule has 0 bridgehead atoms. The Labute approximate surface area is 68.1 Å². The van der Waals surface area contributed by atoms with Crippen LogP contribution in [0.1, 0.15) is 6.42 Å². The van der Waals surface area contributed by atoms with Crippen molar-refractivity contribution in [1.82, 2.24) is 5.32 Å². The number of ether oxygens (including phenoxy) is 2. The molecule has 0 saturated carbocycles. The van der Waals surface area contributed by atoms with E-state index in [0.29, 0.717) is 12.0 Å². The van der Waals surface area contributed by atoms with Crippen molar-refractivity contribution in [3.05, 3.63) is 0 Å². The van der Waals surface area contributed by atoms with Crippen LogP contribution in [-0.2, 0) is 9.47 Å². The zero-order valence-electron chi connectivity index (χ0n) is 7.30. The van der Waals surface area contributed by atoms with Crippen molar-refractivity contribution in [2.75, 3.05) is 33.9 Å². The van der Waals surface area contributed by atoms with Gasteiger partial charge in [0.05, 0.1) is 12.7 Å². The number of hydrogen-bond donors (Lipinski definition) is 1. The molecule has 1 N–H and O–H groups in total. The van der Waals surface area contributed by atoms with E-state index in [0.717, 1.165) is 26.1 Å². The van der Waals surface area contributed by atoms with E-state index in [4.69, 9.17) is 9.47 Å². The van der Waals surface area contributed by atoms with Crippen molar-refractivity contribution in [2.24, 2.45) is 5.92 Å². The van der Waals surface area contributed by atoms with Crippen LogP contribution in [0.4, 0.5) is 0 Å². The average molecular weight is 159 g/mol. The molecule has 0 amide bonds. The highest BCUT2D eigenvalue weighted by atomic mass is 16.5. The highest BCUT2D eigenvalue weighted by Gasteiger charge is 2.23. The molecule has 1 aliphatic rings. The Morgan fingerprint density at radius 1 is 1.45 bits per heavy atom. The fourth-order valence-electron chi connectivity index (χ4n) is 1.56. The molecular weight excluding hydrogens is 142 g/mol. The molecule has 11 heavy (non-hydrogen) atoms. The molecule has 1 saturated heterocycles. The fraction of sp³-hybridized carbons (Fsp3) is 1.00. The largest absolute Gasteiger partial charge is 0.384 e. The van der Waals surface area contributed by atoms with E-state index < -0.39 is 0 Å². The number of rotatable bonds is 3. The van der Waals surface area contributed by atoms with Crippen LogP contribution in [0, 0.1) is 5.92 Å². The van der Waals surface area contributed by atoms with Gasteiger partial charge in [0.2, 0.25) is 0 Å². The molecule has 0 radical (unpaired) electrons. The molecule has 0 aromatic heterocycles. The molecule has 1 rings (SSSR count). The highest BCUT2D eigenvalue weighted by molar-refractivity contribution is 4.77. The molecule has 0 spiro atoms. The summed E-state index contributed by atoms with van der Waals surface area (Å²) in [5.41, 5.74) is 0.